The first-order chi connectivity index (χ1) is 13.7. The largest absolute Gasteiger partial charge is 0.391 e. The van der Waals surface area contributed by atoms with Crippen molar-refractivity contribution in [2.75, 3.05) is 45.8 Å². The summed E-state index contributed by atoms with van der Waals surface area (Å²) < 4.78 is 2.16. The van der Waals surface area contributed by atoms with Crippen LogP contribution >= 0.6 is 0 Å². The molecule has 0 spiro atoms. The molecule has 2 aliphatic heterocycles. The Kier molecular flexibility index (Phi) is 4.82. The Hall–Kier alpha value is -1.96. The number of nitrogens with one attached hydrogen (secondary N) is 1. The average Bonchev–Trinajstić information content (AvgIpc) is 3.31. The van der Waals surface area contributed by atoms with E-state index in [1.54, 1.807) is 0 Å². The van der Waals surface area contributed by atoms with Gasteiger partial charge in [0, 0.05) is 39.3 Å². The molecule has 0 unspecified atom stereocenters. The molecule has 1 aromatic carbocycles. The number of nitrogens with zero attached hydrogens (tertiary/aromatic N) is 4. The van der Waals surface area contributed by atoms with Crippen LogP contribution in [0.2, 0.25) is 0 Å². The van der Waals surface area contributed by atoms with Crippen molar-refractivity contribution in [2.45, 2.75) is 25.0 Å². The number of hydrogen-bond donors (Lipinski definition) is 2. The van der Waals surface area contributed by atoms with Crippen molar-refractivity contribution in [3.05, 3.63) is 30.6 Å². The molecule has 3 aliphatic rings. The van der Waals surface area contributed by atoms with Crippen LogP contribution in [0, 0.1) is 11.8 Å². The first kappa shape index (κ1) is 18.1. The summed E-state index contributed by atoms with van der Waals surface area (Å²) in [5.74, 6) is 1.26. The summed E-state index contributed by atoms with van der Waals surface area (Å²) in [4.78, 5) is 21.4. The topological polar surface area (TPSA) is 73.6 Å². The van der Waals surface area contributed by atoms with Crippen molar-refractivity contribution < 1.29 is 9.90 Å². The third-order valence-electron chi connectivity index (χ3n) is 6.85. The Balaban J connectivity index is 1.26. The fourth-order valence-electron chi connectivity index (χ4n) is 5.38. The van der Waals surface area contributed by atoms with Gasteiger partial charge in [-0.3, -0.25) is 9.69 Å². The Labute approximate surface area is 165 Å². The van der Waals surface area contributed by atoms with Crippen LogP contribution in [0.25, 0.3) is 11.0 Å². The van der Waals surface area contributed by atoms with Crippen molar-refractivity contribution in [1.82, 2.24) is 24.7 Å². The molecule has 5 rings (SSSR count). The number of imidazole rings is 1. The van der Waals surface area contributed by atoms with Crippen LogP contribution in [0.3, 0.4) is 0 Å². The van der Waals surface area contributed by atoms with E-state index < -0.39 is 0 Å². The maximum atomic E-state index is 12.6. The summed E-state index contributed by atoms with van der Waals surface area (Å²) in [5, 5.41) is 14.2. The number of likely N-dealkylation sites (tertiary alicyclic amines) is 1. The lowest BCUT2D eigenvalue weighted by Gasteiger charge is -2.36. The Morgan fingerprint density at radius 2 is 1.89 bits per heavy atom. The standard InChI is InChI=1S/C21H29N5O2/c27-20-10-16-12-24(13-21(28)25-7-5-22-6-8-25)11-15(16)9-19(20)26-14-23-17-3-1-2-4-18(17)26/h1-4,14-16,19-20,22,27H,5-13H2/t15-,16+,19-,20-/m1/s1. The Bertz CT molecular complexity index is 846. The van der Waals surface area contributed by atoms with Gasteiger partial charge in [-0.1, -0.05) is 12.1 Å². The van der Waals surface area contributed by atoms with Gasteiger partial charge in [0.05, 0.1) is 36.1 Å². The number of aromatic nitrogens is 2. The van der Waals surface area contributed by atoms with Gasteiger partial charge in [0.1, 0.15) is 0 Å². The highest BCUT2D eigenvalue weighted by Gasteiger charge is 2.43. The van der Waals surface area contributed by atoms with Crippen LogP contribution in [-0.2, 0) is 4.79 Å². The molecule has 1 aliphatic carbocycles. The molecule has 4 atom stereocenters. The maximum Gasteiger partial charge on any atom is 0.236 e. The van der Waals surface area contributed by atoms with Gasteiger partial charge < -0.3 is 19.9 Å². The number of benzene rings is 1. The zero-order chi connectivity index (χ0) is 19.1. The molecule has 1 aromatic heterocycles. The molecule has 2 aromatic rings. The minimum absolute atomic E-state index is 0.0671. The number of para-hydroxylation sites is 2. The number of fused-ring (bicyclic) bond motifs is 2. The average molecular weight is 383 g/mol. The molecule has 7 heteroatoms. The predicted molar refractivity (Wildman–Crippen MR) is 107 cm³/mol. The lowest BCUT2D eigenvalue weighted by molar-refractivity contribution is -0.132. The summed E-state index contributed by atoms with van der Waals surface area (Å²) in [5.41, 5.74) is 2.07. The number of carbonyl (C=O) groups excluding carboxylic acids is 1. The van der Waals surface area contributed by atoms with Crippen LogP contribution in [0.15, 0.2) is 30.6 Å². The van der Waals surface area contributed by atoms with E-state index >= 15 is 0 Å². The van der Waals surface area contributed by atoms with Crippen molar-refractivity contribution in [2.24, 2.45) is 11.8 Å². The number of amides is 1. The first-order valence-corrected chi connectivity index (χ1v) is 10.5. The third kappa shape index (κ3) is 3.32. The van der Waals surface area contributed by atoms with Crippen LogP contribution < -0.4 is 5.32 Å². The summed E-state index contributed by atoms with van der Waals surface area (Å²) in [7, 11) is 0. The van der Waals surface area contributed by atoms with Gasteiger partial charge in [0.2, 0.25) is 5.91 Å². The van der Waals surface area contributed by atoms with E-state index in [0.29, 0.717) is 18.4 Å². The minimum atomic E-state index is -0.359. The van der Waals surface area contributed by atoms with E-state index in [9.17, 15) is 9.90 Å². The van der Waals surface area contributed by atoms with Crippen LogP contribution in [-0.4, -0.2) is 82.3 Å². The van der Waals surface area contributed by atoms with Crippen LogP contribution in [0.4, 0.5) is 0 Å². The predicted octanol–water partition coefficient (Wildman–Crippen LogP) is 0.712. The number of piperazine rings is 1. The molecule has 28 heavy (non-hydrogen) atoms. The molecule has 3 fully saturated rings. The highest BCUT2D eigenvalue weighted by atomic mass is 16.3. The zero-order valence-corrected chi connectivity index (χ0v) is 16.2. The van der Waals surface area contributed by atoms with Crippen molar-refractivity contribution >= 4 is 16.9 Å². The van der Waals surface area contributed by atoms with Gasteiger partial charge in [0.25, 0.3) is 0 Å². The summed E-state index contributed by atoms with van der Waals surface area (Å²) >= 11 is 0. The molecule has 7 nitrogen and oxygen atoms in total. The second kappa shape index (κ2) is 7.46. The van der Waals surface area contributed by atoms with Gasteiger partial charge in [0.15, 0.2) is 0 Å². The smallest absolute Gasteiger partial charge is 0.236 e. The number of aliphatic hydroxyl groups excluding tert-OH is 1. The van der Waals surface area contributed by atoms with E-state index in [1.165, 1.54) is 0 Å². The number of hydrogen-bond acceptors (Lipinski definition) is 5. The molecule has 150 valence electrons. The maximum absolute atomic E-state index is 12.6. The third-order valence-corrected chi connectivity index (χ3v) is 6.85. The highest BCUT2D eigenvalue weighted by Crippen LogP contribution is 2.42. The van der Waals surface area contributed by atoms with Gasteiger partial charge in [-0.25, -0.2) is 4.98 Å². The SMILES string of the molecule is O=C(CN1C[C@H]2C[C@@H](n3cnc4ccccc43)[C@H](O)C[C@H]2C1)N1CCNCC1. The lowest BCUT2D eigenvalue weighted by atomic mass is 9.77. The monoisotopic (exact) mass is 383 g/mol. The Morgan fingerprint density at radius 1 is 1.14 bits per heavy atom. The second-order valence-corrected chi connectivity index (χ2v) is 8.59. The van der Waals surface area contributed by atoms with Gasteiger partial charge >= 0.3 is 0 Å². The molecule has 0 radical (unpaired) electrons. The summed E-state index contributed by atoms with van der Waals surface area (Å²) in [6, 6.07) is 8.18. The number of rotatable bonds is 3. The first-order valence-electron chi connectivity index (χ1n) is 10.5. The summed E-state index contributed by atoms with van der Waals surface area (Å²) in [6.07, 6.45) is 3.27. The van der Waals surface area contributed by atoms with E-state index in [-0.39, 0.29) is 18.1 Å². The van der Waals surface area contributed by atoms with Gasteiger partial charge in [-0.2, -0.15) is 0 Å². The number of aliphatic hydroxyl groups is 1. The van der Waals surface area contributed by atoms with E-state index in [2.05, 4.69) is 25.8 Å². The molecular weight excluding hydrogens is 354 g/mol. The van der Waals surface area contributed by atoms with Crippen LogP contribution in [0.5, 0.6) is 0 Å². The highest BCUT2D eigenvalue weighted by molar-refractivity contribution is 5.78. The Morgan fingerprint density at radius 3 is 2.71 bits per heavy atom. The van der Waals surface area contributed by atoms with E-state index in [4.69, 9.17) is 0 Å². The van der Waals surface area contributed by atoms with Crippen LogP contribution in [0.1, 0.15) is 18.9 Å². The van der Waals surface area contributed by atoms with Gasteiger partial charge in [-0.15, -0.1) is 0 Å². The fourth-order valence-corrected chi connectivity index (χ4v) is 5.38. The minimum Gasteiger partial charge on any atom is -0.391 e. The fraction of sp³-hybridized carbons (Fsp3) is 0.619. The lowest BCUT2D eigenvalue weighted by Crippen LogP contribution is -2.49. The normalized spacial score (nSPS) is 31.2. The number of carbonyl (C=O) groups is 1. The molecular formula is C21H29N5O2. The molecule has 1 saturated carbocycles. The molecule has 1 amide bonds. The van der Waals surface area contributed by atoms with Gasteiger partial charge in [-0.05, 0) is 36.8 Å². The molecule has 2 N–H and O–H groups in total. The van der Waals surface area contributed by atoms with E-state index in [0.717, 1.165) is 63.1 Å². The molecule has 2 saturated heterocycles. The summed E-state index contributed by atoms with van der Waals surface area (Å²) in [6.45, 7) is 5.81. The molecule has 3 heterocycles. The second-order valence-electron chi connectivity index (χ2n) is 8.59. The van der Waals surface area contributed by atoms with Crippen molar-refractivity contribution in [3.63, 3.8) is 0 Å². The van der Waals surface area contributed by atoms with E-state index in [1.807, 2.05) is 29.4 Å². The quantitative estimate of drug-likeness (QED) is 0.817. The molecule has 0 bridgehead atoms. The zero-order valence-electron chi connectivity index (χ0n) is 16.2. The van der Waals surface area contributed by atoms with Crippen molar-refractivity contribution in [1.29, 1.82) is 0 Å². The van der Waals surface area contributed by atoms with Crippen molar-refractivity contribution in [3.8, 4) is 0 Å².